The summed E-state index contributed by atoms with van der Waals surface area (Å²) in [6.07, 6.45) is 0.321. The minimum absolute atomic E-state index is 0.0882. The van der Waals surface area contributed by atoms with E-state index in [9.17, 15) is 14.0 Å². The molecule has 1 fully saturated rings. The highest BCUT2D eigenvalue weighted by atomic mass is 79.9. The molecule has 1 aliphatic rings. The predicted octanol–water partition coefficient (Wildman–Crippen LogP) is 3.26. The van der Waals surface area contributed by atoms with Gasteiger partial charge < -0.3 is 15.0 Å². The van der Waals surface area contributed by atoms with Crippen LogP contribution in [-0.4, -0.2) is 41.6 Å². The third kappa shape index (κ3) is 5.47. The van der Waals surface area contributed by atoms with E-state index in [2.05, 4.69) is 21.2 Å². The fraction of sp³-hybridized carbons (Fsp3) is 0.529. The molecular weight excluding hydrogens is 379 g/mol. The summed E-state index contributed by atoms with van der Waals surface area (Å²) in [5.41, 5.74) is 0.0607. The molecule has 0 radical (unpaired) electrons. The number of alkyl carbamates (subject to hydrolysis) is 1. The number of nitrogens with zero attached hydrogens (tertiary/aromatic N) is 1. The smallest absolute Gasteiger partial charge is 0.407 e. The van der Waals surface area contributed by atoms with Crippen molar-refractivity contribution in [1.29, 1.82) is 0 Å². The summed E-state index contributed by atoms with van der Waals surface area (Å²) in [7, 11) is 0. The van der Waals surface area contributed by atoms with Crippen LogP contribution in [-0.2, 0) is 16.0 Å². The number of nitrogens with one attached hydrogen (secondary N) is 1. The first-order valence-corrected chi connectivity index (χ1v) is 8.64. The molecule has 1 aromatic carbocycles. The van der Waals surface area contributed by atoms with Crippen LogP contribution in [0.1, 0.15) is 32.8 Å². The molecule has 1 heterocycles. The van der Waals surface area contributed by atoms with Gasteiger partial charge in [-0.3, -0.25) is 4.79 Å². The molecular formula is C17H22BrFN2O3. The number of hydrogen-bond acceptors (Lipinski definition) is 3. The quantitative estimate of drug-likeness (QED) is 0.846. The van der Waals surface area contributed by atoms with Gasteiger partial charge >= 0.3 is 6.09 Å². The van der Waals surface area contributed by atoms with Crippen LogP contribution in [0.3, 0.4) is 0 Å². The minimum Gasteiger partial charge on any atom is -0.444 e. The molecule has 132 valence electrons. The summed E-state index contributed by atoms with van der Waals surface area (Å²) >= 11 is 3.33. The van der Waals surface area contributed by atoms with E-state index in [4.69, 9.17) is 4.74 Å². The van der Waals surface area contributed by atoms with E-state index in [1.807, 2.05) is 0 Å². The fourth-order valence-corrected chi connectivity index (χ4v) is 2.92. The Bertz CT molecular complexity index is 631. The Morgan fingerprint density at radius 3 is 2.79 bits per heavy atom. The number of ether oxygens (including phenoxy) is 1. The summed E-state index contributed by atoms with van der Waals surface area (Å²) in [5, 5.41) is 2.78. The maximum atomic E-state index is 13.3. The zero-order chi connectivity index (χ0) is 17.9. The van der Waals surface area contributed by atoms with Crippen LogP contribution in [0.2, 0.25) is 0 Å². The lowest BCUT2D eigenvalue weighted by molar-refractivity contribution is -0.129. The summed E-state index contributed by atoms with van der Waals surface area (Å²) in [5.74, 6) is -0.457. The monoisotopic (exact) mass is 400 g/mol. The molecule has 1 saturated heterocycles. The number of amides is 2. The molecule has 1 atom stereocenters. The molecule has 1 aliphatic heterocycles. The van der Waals surface area contributed by atoms with Crippen LogP contribution in [0, 0.1) is 5.82 Å². The van der Waals surface area contributed by atoms with Crippen LogP contribution < -0.4 is 5.32 Å². The van der Waals surface area contributed by atoms with Crippen molar-refractivity contribution in [3.8, 4) is 0 Å². The highest BCUT2D eigenvalue weighted by Gasteiger charge is 2.29. The maximum absolute atomic E-state index is 13.3. The van der Waals surface area contributed by atoms with Gasteiger partial charge in [0.1, 0.15) is 11.4 Å². The molecule has 5 nitrogen and oxygen atoms in total. The molecule has 0 spiro atoms. The van der Waals surface area contributed by atoms with Gasteiger partial charge in [0.2, 0.25) is 5.91 Å². The Labute approximate surface area is 149 Å². The molecule has 1 N–H and O–H groups in total. The van der Waals surface area contributed by atoms with Gasteiger partial charge in [0.25, 0.3) is 0 Å². The van der Waals surface area contributed by atoms with E-state index in [0.29, 0.717) is 29.5 Å². The molecule has 0 bridgehead atoms. The van der Waals surface area contributed by atoms with Crippen LogP contribution in [0.5, 0.6) is 0 Å². The zero-order valence-electron chi connectivity index (χ0n) is 14.1. The van der Waals surface area contributed by atoms with E-state index in [-0.39, 0.29) is 24.2 Å². The molecule has 7 heteroatoms. The Morgan fingerprint density at radius 2 is 2.12 bits per heavy atom. The first-order valence-electron chi connectivity index (χ1n) is 7.85. The number of halogens is 2. The van der Waals surface area contributed by atoms with Gasteiger partial charge in [-0.1, -0.05) is 15.9 Å². The van der Waals surface area contributed by atoms with E-state index in [0.717, 1.165) is 0 Å². The second-order valence-electron chi connectivity index (χ2n) is 6.88. The van der Waals surface area contributed by atoms with E-state index < -0.39 is 11.7 Å². The second-order valence-corrected chi connectivity index (χ2v) is 7.74. The Hall–Kier alpha value is -1.63. The number of likely N-dealkylation sites (tertiary alicyclic amines) is 1. The zero-order valence-corrected chi connectivity index (χ0v) is 15.7. The van der Waals surface area contributed by atoms with Crippen LogP contribution in [0.15, 0.2) is 22.7 Å². The number of rotatable bonds is 3. The van der Waals surface area contributed by atoms with Gasteiger partial charge in [0.15, 0.2) is 0 Å². The maximum Gasteiger partial charge on any atom is 0.407 e. The average Bonchev–Trinajstić information content (AvgIpc) is 2.89. The van der Waals surface area contributed by atoms with Crippen molar-refractivity contribution in [1.82, 2.24) is 10.2 Å². The van der Waals surface area contributed by atoms with Gasteiger partial charge in [-0.2, -0.15) is 0 Å². The number of hydrogen-bond donors (Lipinski definition) is 1. The largest absolute Gasteiger partial charge is 0.444 e. The number of carbonyl (C=O) groups excluding carboxylic acids is 2. The summed E-state index contributed by atoms with van der Waals surface area (Å²) in [4.78, 5) is 25.8. The highest BCUT2D eigenvalue weighted by Crippen LogP contribution is 2.20. The third-order valence-electron chi connectivity index (χ3n) is 3.61. The van der Waals surface area contributed by atoms with Gasteiger partial charge in [-0.05, 0) is 51.0 Å². The van der Waals surface area contributed by atoms with Gasteiger partial charge in [0, 0.05) is 17.6 Å². The SMILES string of the molecule is CC(C)(C)OC(=O)N[C@@H]1CCN(C(=O)Cc2cc(F)ccc2Br)C1. The van der Waals surface area contributed by atoms with Crippen molar-refractivity contribution in [3.05, 3.63) is 34.1 Å². The van der Waals surface area contributed by atoms with E-state index in [1.165, 1.54) is 12.1 Å². The van der Waals surface area contributed by atoms with Crippen molar-refractivity contribution >= 4 is 27.9 Å². The number of carbonyl (C=O) groups is 2. The van der Waals surface area contributed by atoms with E-state index in [1.54, 1.807) is 31.7 Å². The number of benzene rings is 1. The summed E-state index contributed by atoms with van der Waals surface area (Å²) in [6.45, 7) is 6.40. The molecule has 0 aliphatic carbocycles. The Kier molecular flexibility index (Phi) is 5.85. The van der Waals surface area contributed by atoms with Crippen molar-refractivity contribution in [2.24, 2.45) is 0 Å². The van der Waals surface area contributed by atoms with E-state index >= 15 is 0 Å². The van der Waals surface area contributed by atoms with Crippen LogP contribution in [0.25, 0.3) is 0 Å². The predicted molar refractivity (Wildman–Crippen MR) is 92.2 cm³/mol. The molecule has 0 aromatic heterocycles. The third-order valence-corrected chi connectivity index (χ3v) is 4.38. The van der Waals surface area contributed by atoms with Gasteiger partial charge in [0.05, 0.1) is 12.5 Å². The lowest BCUT2D eigenvalue weighted by atomic mass is 10.1. The van der Waals surface area contributed by atoms with Crippen molar-refractivity contribution in [3.63, 3.8) is 0 Å². The standard InChI is InChI=1S/C17H22BrFN2O3/c1-17(2,3)24-16(23)20-13-6-7-21(10-13)15(22)9-11-8-12(19)4-5-14(11)18/h4-5,8,13H,6-7,9-10H2,1-3H3,(H,20,23)/t13-/m1/s1. The van der Waals surface area contributed by atoms with Gasteiger partial charge in [-0.15, -0.1) is 0 Å². The van der Waals surface area contributed by atoms with Crippen LogP contribution in [0.4, 0.5) is 9.18 Å². The molecule has 2 amide bonds. The highest BCUT2D eigenvalue weighted by molar-refractivity contribution is 9.10. The van der Waals surface area contributed by atoms with Crippen molar-refractivity contribution in [2.45, 2.75) is 45.3 Å². The summed E-state index contributed by atoms with van der Waals surface area (Å²) < 4.78 is 19.2. The molecule has 1 aromatic rings. The molecule has 2 rings (SSSR count). The van der Waals surface area contributed by atoms with Crippen molar-refractivity contribution in [2.75, 3.05) is 13.1 Å². The lowest BCUT2D eigenvalue weighted by Gasteiger charge is -2.22. The average molecular weight is 401 g/mol. The molecule has 24 heavy (non-hydrogen) atoms. The lowest BCUT2D eigenvalue weighted by Crippen LogP contribution is -2.41. The van der Waals surface area contributed by atoms with Crippen molar-refractivity contribution < 1.29 is 18.7 Å². The first-order chi connectivity index (χ1) is 11.1. The second kappa shape index (κ2) is 7.51. The Balaban J connectivity index is 1.87. The topological polar surface area (TPSA) is 58.6 Å². The fourth-order valence-electron chi connectivity index (χ4n) is 2.53. The molecule has 0 saturated carbocycles. The normalized spacial score (nSPS) is 17.7. The van der Waals surface area contributed by atoms with Gasteiger partial charge in [-0.25, -0.2) is 9.18 Å². The first kappa shape index (κ1) is 18.7. The van der Waals surface area contributed by atoms with Crippen LogP contribution >= 0.6 is 15.9 Å². The Morgan fingerprint density at radius 1 is 1.42 bits per heavy atom. The molecule has 0 unspecified atom stereocenters. The minimum atomic E-state index is -0.554. The summed E-state index contributed by atoms with van der Waals surface area (Å²) in [6, 6.07) is 4.16.